The van der Waals surface area contributed by atoms with Crippen LogP contribution < -0.4 is 17.2 Å². The number of anilines is 1. The van der Waals surface area contributed by atoms with E-state index in [1.807, 2.05) is 0 Å². The van der Waals surface area contributed by atoms with E-state index < -0.39 is 11.9 Å². The van der Waals surface area contributed by atoms with Gasteiger partial charge in [-0.05, 0) is 24.6 Å². The predicted octanol–water partition coefficient (Wildman–Crippen LogP) is -0.173. The molecule has 0 bridgehead atoms. The number of hydrogen-bond donors (Lipinski definition) is 3. The van der Waals surface area contributed by atoms with Crippen molar-refractivity contribution in [3.63, 3.8) is 0 Å². The lowest BCUT2D eigenvalue weighted by molar-refractivity contribution is -0.117. The van der Waals surface area contributed by atoms with Crippen LogP contribution in [0.4, 0.5) is 5.69 Å². The van der Waals surface area contributed by atoms with Crippen LogP contribution >= 0.6 is 0 Å². The SMILES string of the molecule is C[C@H](N)C(=O)c1cc(N)ccc1CC(N)=O. The molecular weight excluding hydrogens is 206 g/mol. The van der Waals surface area contributed by atoms with Gasteiger partial charge < -0.3 is 17.2 Å². The smallest absolute Gasteiger partial charge is 0.221 e. The monoisotopic (exact) mass is 221 g/mol. The Kier molecular flexibility index (Phi) is 3.63. The van der Waals surface area contributed by atoms with Crippen LogP contribution in [0.15, 0.2) is 18.2 Å². The summed E-state index contributed by atoms with van der Waals surface area (Å²) in [6, 6.07) is 4.13. The summed E-state index contributed by atoms with van der Waals surface area (Å²) >= 11 is 0. The van der Waals surface area contributed by atoms with Gasteiger partial charge in [0.15, 0.2) is 5.78 Å². The van der Waals surface area contributed by atoms with E-state index in [-0.39, 0.29) is 12.2 Å². The van der Waals surface area contributed by atoms with Crippen molar-refractivity contribution in [1.82, 2.24) is 0 Å². The Morgan fingerprint density at radius 1 is 1.38 bits per heavy atom. The van der Waals surface area contributed by atoms with Crippen LogP contribution in [-0.4, -0.2) is 17.7 Å². The van der Waals surface area contributed by atoms with Crippen LogP contribution in [0.3, 0.4) is 0 Å². The third-order valence-corrected chi connectivity index (χ3v) is 2.18. The van der Waals surface area contributed by atoms with Crippen LogP contribution in [0, 0.1) is 0 Å². The van der Waals surface area contributed by atoms with Gasteiger partial charge in [-0.1, -0.05) is 6.07 Å². The zero-order valence-electron chi connectivity index (χ0n) is 9.07. The Morgan fingerprint density at radius 3 is 2.50 bits per heavy atom. The molecule has 0 saturated carbocycles. The Balaban J connectivity index is 3.17. The fourth-order valence-electron chi connectivity index (χ4n) is 1.41. The Labute approximate surface area is 93.6 Å². The normalized spacial score (nSPS) is 12.1. The lowest BCUT2D eigenvalue weighted by Gasteiger charge is -2.10. The standard InChI is InChI=1S/C11H15N3O2/c1-6(12)11(16)9-5-8(13)3-2-7(9)4-10(14)15/h2-3,5-6H,4,12-13H2,1H3,(H2,14,15)/t6-/m0/s1. The molecule has 16 heavy (non-hydrogen) atoms. The summed E-state index contributed by atoms with van der Waals surface area (Å²) in [4.78, 5) is 22.6. The van der Waals surface area contributed by atoms with Crippen molar-refractivity contribution in [2.45, 2.75) is 19.4 Å². The van der Waals surface area contributed by atoms with E-state index >= 15 is 0 Å². The molecule has 0 radical (unpaired) electrons. The molecule has 6 N–H and O–H groups in total. The summed E-state index contributed by atoms with van der Waals surface area (Å²) in [5, 5.41) is 0. The second kappa shape index (κ2) is 4.76. The molecule has 0 spiro atoms. The van der Waals surface area contributed by atoms with E-state index in [0.29, 0.717) is 16.8 Å². The third kappa shape index (κ3) is 2.80. The fraction of sp³-hybridized carbons (Fsp3) is 0.273. The Bertz CT molecular complexity index is 427. The molecule has 0 aliphatic heterocycles. The maximum absolute atomic E-state index is 11.8. The Morgan fingerprint density at radius 2 is 2.00 bits per heavy atom. The number of hydrogen-bond acceptors (Lipinski definition) is 4. The molecule has 0 fully saturated rings. The second-order valence-corrected chi connectivity index (χ2v) is 3.71. The van der Waals surface area contributed by atoms with E-state index in [2.05, 4.69) is 0 Å². The molecule has 0 heterocycles. The van der Waals surface area contributed by atoms with Gasteiger partial charge in [0.2, 0.25) is 5.91 Å². The zero-order chi connectivity index (χ0) is 12.3. The molecule has 0 aromatic heterocycles. The Hall–Kier alpha value is -1.88. The van der Waals surface area contributed by atoms with Crippen molar-refractivity contribution < 1.29 is 9.59 Å². The van der Waals surface area contributed by atoms with Gasteiger partial charge in [-0.25, -0.2) is 0 Å². The predicted molar refractivity (Wildman–Crippen MR) is 61.7 cm³/mol. The number of benzene rings is 1. The number of Topliss-reactive ketones (excluding diaryl/α,β-unsaturated/α-hetero) is 1. The highest BCUT2D eigenvalue weighted by molar-refractivity contribution is 6.02. The minimum absolute atomic E-state index is 0.00801. The first-order valence-electron chi connectivity index (χ1n) is 4.88. The molecule has 0 saturated heterocycles. The van der Waals surface area contributed by atoms with Crippen molar-refractivity contribution in [3.8, 4) is 0 Å². The molecule has 0 aliphatic rings. The molecule has 1 atom stereocenters. The molecule has 1 aromatic carbocycles. The highest BCUT2D eigenvalue weighted by atomic mass is 16.1. The van der Waals surface area contributed by atoms with Crippen molar-refractivity contribution >= 4 is 17.4 Å². The summed E-state index contributed by atoms with van der Waals surface area (Å²) < 4.78 is 0. The van der Waals surface area contributed by atoms with Gasteiger partial charge in [0, 0.05) is 11.3 Å². The molecule has 0 unspecified atom stereocenters. The van der Waals surface area contributed by atoms with Gasteiger partial charge in [0.25, 0.3) is 0 Å². The van der Waals surface area contributed by atoms with E-state index in [1.54, 1.807) is 19.1 Å². The molecule has 0 aliphatic carbocycles. The molecular formula is C11H15N3O2. The molecule has 1 amide bonds. The summed E-state index contributed by atoms with van der Waals surface area (Å²) in [6.07, 6.45) is 0.00801. The van der Waals surface area contributed by atoms with Crippen molar-refractivity contribution in [1.29, 1.82) is 0 Å². The number of carbonyl (C=O) groups excluding carboxylic acids is 2. The summed E-state index contributed by atoms with van der Waals surface area (Å²) in [6.45, 7) is 1.58. The van der Waals surface area contributed by atoms with E-state index in [1.165, 1.54) is 6.07 Å². The van der Waals surface area contributed by atoms with Gasteiger partial charge in [-0.3, -0.25) is 9.59 Å². The lowest BCUT2D eigenvalue weighted by Crippen LogP contribution is -2.28. The number of nitrogen functional groups attached to an aromatic ring is 1. The number of carbonyl (C=O) groups is 2. The number of nitrogens with two attached hydrogens (primary N) is 3. The summed E-state index contributed by atoms with van der Waals surface area (Å²) in [7, 11) is 0. The second-order valence-electron chi connectivity index (χ2n) is 3.71. The minimum Gasteiger partial charge on any atom is -0.399 e. The van der Waals surface area contributed by atoms with E-state index in [0.717, 1.165) is 0 Å². The van der Waals surface area contributed by atoms with Gasteiger partial charge in [-0.15, -0.1) is 0 Å². The van der Waals surface area contributed by atoms with Gasteiger partial charge >= 0.3 is 0 Å². The van der Waals surface area contributed by atoms with E-state index in [9.17, 15) is 9.59 Å². The van der Waals surface area contributed by atoms with Crippen LogP contribution in [0.2, 0.25) is 0 Å². The van der Waals surface area contributed by atoms with Crippen molar-refractivity contribution in [3.05, 3.63) is 29.3 Å². The topological polar surface area (TPSA) is 112 Å². The van der Waals surface area contributed by atoms with Crippen LogP contribution in [-0.2, 0) is 11.2 Å². The van der Waals surface area contributed by atoms with E-state index in [4.69, 9.17) is 17.2 Å². The first kappa shape index (κ1) is 12.2. The highest BCUT2D eigenvalue weighted by Crippen LogP contribution is 2.16. The van der Waals surface area contributed by atoms with Crippen molar-refractivity contribution in [2.75, 3.05) is 5.73 Å². The average Bonchev–Trinajstić information content (AvgIpc) is 2.18. The molecule has 86 valence electrons. The van der Waals surface area contributed by atoms with Gasteiger partial charge in [0.1, 0.15) is 0 Å². The number of primary amides is 1. The highest BCUT2D eigenvalue weighted by Gasteiger charge is 2.16. The van der Waals surface area contributed by atoms with Crippen LogP contribution in [0.25, 0.3) is 0 Å². The van der Waals surface area contributed by atoms with Crippen LogP contribution in [0.5, 0.6) is 0 Å². The molecule has 5 nitrogen and oxygen atoms in total. The molecule has 1 rings (SSSR count). The lowest BCUT2D eigenvalue weighted by atomic mass is 9.97. The number of ketones is 1. The quantitative estimate of drug-likeness (QED) is 0.483. The first-order valence-corrected chi connectivity index (χ1v) is 4.88. The van der Waals surface area contributed by atoms with Crippen molar-refractivity contribution in [2.24, 2.45) is 11.5 Å². The zero-order valence-corrected chi connectivity index (χ0v) is 9.07. The average molecular weight is 221 g/mol. The molecule has 5 heteroatoms. The first-order chi connectivity index (χ1) is 7.41. The summed E-state index contributed by atoms with van der Waals surface area (Å²) in [5.74, 6) is -0.743. The fourth-order valence-corrected chi connectivity index (χ4v) is 1.41. The summed E-state index contributed by atoms with van der Waals surface area (Å²) in [5.41, 5.74) is 17.6. The molecule has 1 aromatic rings. The third-order valence-electron chi connectivity index (χ3n) is 2.18. The largest absolute Gasteiger partial charge is 0.399 e. The van der Waals surface area contributed by atoms with Gasteiger partial charge in [-0.2, -0.15) is 0 Å². The maximum Gasteiger partial charge on any atom is 0.221 e. The number of amides is 1. The van der Waals surface area contributed by atoms with Gasteiger partial charge in [0.05, 0.1) is 12.5 Å². The maximum atomic E-state index is 11.8. The van der Waals surface area contributed by atoms with Crippen LogP contribution in [0.1, 0.15) is 22.8 Å². The minimum atomic E-state index is -0.631. The number of rotatable bonds is 4.